The van der Waals surface area contributed by atoms with Gasteiger partial charge in [0.25, 0.3) is 0 Å². The Balaban J connectivity index is 2.00. The van der Waals surface area contributed by atoms with Gasteiger partial charge in [-0.15, -0.1) is 0 Å². The van der Waals surface area contributed by atoms with Gasteiger partial charge in [-0.1, -0.05) is 30.5 Å². The molecule has 0 saturated heterocycles. The summed E-state index contributed by atoms with van der Waals surface area (Å²) in [6, 6.07) is 4.24. The van der Waals surface area contributed by atoms with Crippen LogP contribution in [0.3, 0.4) is 0 Å². The van der Waals surface area contributed by atoms with Crippen LogP contribution >= 0.6 is 0 Å². The molecule has 112 valence electrons. The molecule has 0 aromatic heterocycles. The molecule has 0 heterocycles. The third kappa shape index (κ3) is 3.92. The summed E-state index contributed by atoms with van der Waals surface area (Å²) in [7, 11) is -0.787. The Morgan fingerprint density at radius 2 is 1.75 bits per heavy atom. The van der Waals surface area contributed by atoms with Gasteiger partial charge in [-0.2, -0.15) is 0 Å². The largest absolute Gasteiger partial charge is 0.323 e. The van der Waals surface area contributed by atoms with Crippen molar-refractivity contribution < 1.29 is 4.21 Å². The van der Waals surface area contributed by atoms with Gasteiger partial charge >= 0.3 is 0 Å². The van der Waals surface area contributed by atoms with Crippen molar-refractivity contribution in [3.05, 3.63) is 34.4 Å². The Kier molecular flexibility index (Phi) is 5.39. The van der Waals surface area contributed by atoms with Crippen molar-refractivity contribution in [2.24, 2.45) is 11.7 Å². The van der Waals surface area contributed by atoms with Crippen molar-refractivity contribution in [1.82, 2.24) is 0 Å². The Morgan fingerprint density at radius 3 is 2.30 bits per heavy atom. The lowest BCUT2D eigenvalue weighted by molar-refractivity contribution is 0.601. The third-order valence-corrected chi connectivity index (χ3v) is 5.94. The van der Waals surface area contributed by atoms with Gasteiger partial charge in [0.2, 0.25) is 0 Å². The van der Waals surface area contributed by atoms with E-state index in [1.807, 2.05) is 0 Å². The van der Waals surface area contributed by atoms with E-state index in [9.17, 15) is 4.21 Å². The quantitative estimate of drug-likeness (QED) is 0.902. The van der Waals surface area contributed by atoms with Crippen molar-refractivity contribution in [1.29, 1.82) is 0 Å². The SMILES string of the molecule is Cc1cc(C)c(C(N)CS(=O)CC2CCCC2)c(C)c1. The maximum atomic E-state index is 12.3. The van der Waals surface area contributed by atoms with E-state index >= 15 is 0 Å². The number of rotatable bonds is 5. The number of aryl methyl sites for hydroxylation is 3. The van der Waals surface area contributed by atoms with Gasteiger partial charge in [0.05, 0.1) is 0 Å². The van der Waals surface area contributed by atoms with Crippen LogP contribution in [-0.2, 0) is 10.8 Å². The van der Waals surface area contributed by atoms with Gasteiger partial charge < -0.3 is 5.73 Å². The standard InChI is InChI=1S/C17H27NOS/c1-12-8-13(2)17(14(3)9-12)16(18)11-20(19)10-15-6-4-5-7-15/h8-9,15-16H,4-7,10-11,18H2,1-3H3. The molecule has 1 aliphatic carbocycles. The maximum Gasteiger partial charge on any atom is 0.0428 e. The van der Waals surface area contributed by atoms with Crippen LogP contribution in [0.4, 0.5) is 0 Å². The van der Waals surface area contributed by atoms with E-state index in [0.717, 1.165) is 5.75 Å². The van der Waals surface area contributed by atoms with Crippen molar-refractivity contribution >= 4 is 10.8 Å². The highest BCUT2D eigenvalue weighted by atomic mass is 32.2. The fraction of sp³-hybridized carbons (Fsp3) is 0.647. The maximum absolute atomic E-state index is 12.3. The molecule has 1 aliphatic rings. The summed E-state index contributed by atoms with van der Waals surface area (Å²) in [5.74, 6) is 2.11. The minimum Gasteiger partial charge on any atom is -0.323 e. The molecule has 2 atom stereocenters. The highest BCUT2D eigenvalue weighted by Gasteiger charge is 2.20. The Labute approximate surface area is 125 Å². The monoisotopic (exact) mass is 293 g/mol. The van der Waals surface area contributed by atoms with E-state index in [-0.39, 0.29) is 6.04 Å². The van der Waals surface area contributed by atoms with Crippen molar-refractivity contribution in [3.8, 4) is 0 Å². The van der Waals surface area contributed by atoms with Crippen LogP contribution < -0.4 is 5.73 Å². The highest BCUT2D eigenvalue weighted by molar-refractivity contribution is 7.85. The summed E-state index contributed by atoms with van der Waals surface area (Å²) in [5, 5.41) is 0. The smallest absolute Gasteiger partial charge is 0.0428 e. The lowest BCUT2D eigenvalue weighted by atomic mass is 9.95. The minimum atomic E-state index is -0.787. The van der Waals surface area contributed by atoms with E-state index in [0.29, 0.717) is 11.7 Å². The van der Waals surface area contributed by atoms with E-state index in [1.54, 1.807) is 0 Å². The molecule has 0 aliphatic heterocycles. The Bertz CT molecular complexity index is 469. The molecule has 1 aromatic carbocycles. The van der Waals surface area contributed by atoms with Crippen molar-refractivity contribution in [2.75, 3.05) is 11.5 Å². The normalized spacial score (nSPS) is 19.2. The predicted octanol–water partition coefficient (Wildman–Crippen LogP) is 3.55. The van der Waals surface area contributed by atoms with Crippen molar-refractivity contribution in [2.45, 2.75) is 52.5 Å². The molecule has 0 radical (unpaired) electrons. The van der Waals surface area contributed by atoms with Crippen LogP contribution in [0.5, 0.6) is 0 Å². The zero-order valence-electron chi connectivity index (χ0n) is 12.9. The molecule has 2 unspecified atom stereocenters. The van der Waals surface area contributed by atoms with Gasteiger partial charge in [0, 0.05) is 28.3 Å². The van der Waals surface area contributed by atoms with Crippen LogP contribution in [0.2, 0.25) is 0 Å². The van der Waals surface area contributed by atoms with Crippen LogP contribution in [0.1, 0.15) is 54.0 Å². The van der Waals surface area contributed by atoms with E-state index in [2.05, 4.69) is 32.9 Å². The zero-order valence-corrected chi connectivity index (χ0v) is 13.8. The second-order valence-electron chi connectivity index (χ2n) is 6.34. The van der Waals surface area contributed by atoms with Crippen molar-refractivity contribution in [3.63, 3.8) is 0 Å². The topological polar surface area (TPSA) is 43.1 Å². The van der Waals surface area contributed by atoms with Crippen LogP contribution in [0.15, 0.2) is 12.1 Å². The van der Waals surface area contributed by atoms with Gasteiger partial charge in [0.1, 0.15) is 0 Å². The molecule has 0 amide bonds. The van der Waals surface area contributed by atoms with Gasteiger partial charge in [-0.3, -0.25) is 4.21 Å². The molecule has 3 heteroatoms. The zero-order chi connectivity index (χ0) is 14.7. The first-order valence-corrected chi connectivity index (χ1v) is 9.14. The minimum absolute atomic E-state index is 0.0992. The van der Waals surface area contributed by atoms with E-state index < -0.39 is 10.8 Å². The van der Waals surface area contributed by atoms with Gasteiger partial charge in [-0.05, 0) is 56.2 Å². The first kappa shape index (κ1) is 15.7. The summed E-state index contributed by atoms with van der Waals surface area (Å²) < 4.78 is 12.3. The molecule has 2 rings (SSSR count). The van der Waals surface area contributed by atoms with Crippen LogP contribution in [0, 0.1) is 26.7 Å². The van der Waals surface area contributed by atoms with Crippen LogP contribution in [-0.4, -0.2) is 15.7 Å². The summed E-state index contributed by atoms with van der Waals surface area (Å²) in [4.78, 5) is 0. The summed E-state index contributed by atoms with van der Waals surface area (Å²) >= 11 is 0. The molecule has 2 nitrogen and oxygen atoms in total. The molecule has 1 saturated carbocycles. The molecule has 0 bridgehead atoms. The molecule has 0 spiro atoms. The average molecular weight is 293 g/mol. The number of nitrogens with two attached hydrogens (primary N) is 1. The second kappa shape index (κ2) is 6.86. The molecule has 20 heavy (non-hydrogen) atoms. The first-order valence-electron chi connectivity index (χ1n) is 7.65. The predicted molar refractivity (Wildman–Crippen MR) is 87.4 cm³/mol. The van der Waals surface area contributed by atoms with Gasteiger partial charge in [-0.25, -0.2) is 0 Å². The third-order valence-electron chi connectivity index (χ3n) is 4.37. The number of benzene rings is 1. The highest BCUT2D eigenvalue weighted by Crippen LogP contribution is 2.27. The van der Waals surface area contributed by atoms with E-state index in [1.165, 1.54) is 47.9 Å². The first-order chi connectivity index (χ1) is 9.47. The number of hydrogen-bond donors (Lipinski definition) is 1. The average Bonchev–Trinajstić information content (AvgIpc) is 2.79. The van der Waals surface area contributed by atoms with Crippen LogP contribution in [0.25, 0.3) is 0 Å². The fourth-order valence-corrected chi connectivity index (χ4v) is 5.13. The Morgan fingerprint density at radius 1 is 1.20 bits per heavy atom. The molecular weight excluding hydrogens is 266 g/mol. The molecule has 1 fully saturated rings. The summed E-state index contributed by atoms with van der Waals surface area (Å²) in [6.45, 7) is 6.32. The van der Waals surface area contributed by atoms with E-state index in [4.69, 9.17) is 5.73 Å². The van der Waals surface area contributed by atoms with Gasteiger partial charge in [0.15, 0.2) is 0 Å². The second-order valence-corrected chi connectivity index (χ2v) is 7.89. The Hall–Kier alpha value is -0.670. The molecule has 2 N–H and O–H groups in total. The molecular formula is C17H27NOS. The fourth-order valence-electron chi connectivity index (χ4n) is 3.57. The number of hydrogen-bond acceptors (Lipinski definition) is 2. The summed E-state index contributed by atoms with van der Waals surface area (Å²) in [5.41, 5.74) is 11.2. The lowest BCUT2D eigenvalue weighted by Gasteiger charge is -2.19. The molecule has 1 aromatic rings. The summed E-state index contributed by atoms with van der Waals surface area (Å²) in [6.07, 6.45) is 5.13. The lowest BCUT2D eigenvalue weighted by Crippen LogP contribution is -2.23.